The van der Waals surface area contributed by atoms with Crippen molar-refractivity contribution in [3.63, 3.8) is 0 Å². The van der Waals surface area contributed by atoms with Crippen LogP contribution in [0.4, 0.5) is 13.2 Å². The first-order valence-electron chi connectivity index (χ1n) is 14.6. The summed E-state index contributed by atoms with van der Waals surface area (Å²) in [7, 11) is -4.15. The van der Waals surface area contributed by atoms with E-state index in [9.17, 15) is 26.4 Å². The molecule has 230 valence electrons. The number of aromatic nitrogens is 1. The third-order valence-electron chi connectivity index (χ3n) is 7.97. The molecule has 6 nitrogen and oxygen atoms in total. The maximum Gasteiger partial charge on any atom is 0.416 e. The Bertz CT molecular complexity index is 1640. The molecule has 44 heavy (non-hydrogen) atoms. The second kappa shape index (κ2) is 13.7. The molecule has 1 saturated carbocycles. The fraction of sp³-hybridized carbons (Fsp3) is 0.294. The Morgan fingerprint density at radius 3 is 2.02 bits per heavy atom. The number of pyridine rings is 1. The monoisotopic (exact) mass is 621 g/mol. The van der Waals surface area contributed by atoms with Crippen LogP contribution in [0.25, 0.3) is 11.1 Å². The number of rotatable bonds is 10. The van der Waals surface area contributed by atoms with Crippen LogP contribution < -0.4 is 5.32 Å². The van der Waals surface area contributed by atoms with Crippen molar-refractivity contribution in [1.82, 2.24) is 14.6 Å². The first-order chi connectivity index (χ1) is 21.1. The minimum atomic E-state index is -4.57. The summed E-state index contributed by atoms with van der Waals surface area (Å²) < 4.78 is 67.6. The molecule has 1 N–H and O–H groups in total. The minimum Gasteiger partial charge on any atom is -0.352 e. The Labute approximate surface area is 256 Å². The van der Waals surface area contributed by atoms with E-state index in [1.807, 2.05) is 36.4 Å². The van der Waals surface area contributed by atoms with Gasteiger partial charge in [0.05, 0.1) is 10.5 Å². The molecule has 0 spiro atoms. The molecule has 0 aliphatic heterocycles. The van der Waals surface area contributed by atoms with E-state index in [0.717, 1.165) is 48.2 Å². The Morgan fingerprint density at radius 1 is 0.818 bits per heavy atom. The largest absolute Gasteiger partial charge is 0.416 e. The first kappa shape index (κ1) is 31.4. The van der Waals surface area contributed by atoms with Crippen LogP contribution in [0.15, 0.2) is 102 Å². The molecule has 1 heterocycles. The van der Waals surface area contributed by atoms with Gasteiger partial charge in [-0.2, -0.15) is 17.5 Å². The number of hydrogen-bond donors (Lipinski definition) is 1. The van der Waals surface area contributed by atoms with E-state index in [0.29, 0.717) is 29.2 Å². The van der Waals surface area contributed by atoms with Gasteiger partial charge in [-0.3, -0.25) is 9.78 Å². The fourth-order valence-electron chi connectivity index (χ4n) is 5.44. The van der Waals surface area contributed by atoms with Gasteiger partial charge in [-0.1, -0.05) is 61.7 Å². The molecule has 1 aliphatic rings. The molecule has 0 saturated heterocycles. The second-order valence-electron chi connectivity index (χ2n) is 11.1. The van der Waals surface area contributed by atoms with Crippen molar-refractivity contribution in [2.45, 2.75) is 56.3 Å². The van der Waals surface area contributed by atoms with E-state index in [1.54, 1.807) is 36.7 Å². The van der Waals surface area contributed by atoms with Gasteiger partial charge >= 0.3 is 6.18 Å². The van der Waals surface area contributed by atoms with Gasteiger partial charge in [-0.15, -0.1) is 0 Å². The van der Waals surface area contributed by atoms with E-state index in [2.05, 4.69) is 10.3 Å². The summed E-state index contributed by atoms with van der Waals surface area (Å²) in [6.07, 6.45) is 4.62. The zero-order chi connectivity index (χ0) is 31.2. The number of sulfonamides is 1. The summed E-state index contributed by atoms with van der Waals surface area (Å²) in [5.74, 6) is 0.469. The summed E-state index contributed by atoms with van der Waals surface area (Å²) in [4.78, 5) is 16.5. The van der Waals surface area contributed by atoms with Crippen molar-refractivity contribution in [2.75, 3.05) is 6.54 Å². The molecule has 0 unspecified atom stereocenters. The van der Waals surface area contributed by atoms with E-state index < -0.39 is 21.8 Å². The van der Waals surface area contributed by atoms with E-state index >= 15 is 0 Å². The van der Waals surface area contributed by atoms with Crippen LogP contribution in [0, 0.1) is 5.92 Å². The van der Waals surface area contributed by atoms with Crippen molar-refractivity contribution >= 4 is 15.9 Å². The van der Waals surface area contributed by atoms with Gasteiger partial charge in [0.2, 0.25) is 10.0 Å². The van der Waals surface area contributed by atoms with Crippen molar-refractivity contribution < 1.29 is 26.4 Å². The van der Waals surface area contributed by atoms with E-state index in [-0.39, 0.29) is 23.9 Å². The van der Waals surface area contributed by atoms with Gasteiger partial charge in [-0.05, 0) is 83.5 Å². The van der Waals surface area contributed by atoms with Gasteiger partial charge in [0.15, 0.2) is 0 Å². The van der Waals surface area contributed by atoms with Crippen molar-refractivity contribution in [1.29, 1.82) is 0 Å². The van der Waals surface area contributed by atoms with Crippen LogP contribution in [0.3, 0.4) is 0 Å². The third-order valence-corrected chi connectivity index (χ3v) is 9.78. The molecule has 1 aromatic heterocycles. The molecule has 10 heteroatoms. The molecule has 1 amide bonds. The maximum atomic E-state index is 13.6. The second-order valence-corrected chi connectivity index (χ2v) is 13.1. The number of benzene rings is 3. The summed E-state index contributed by atoms with van der Waals surface area (Å²) >= 11 is 0. The lowest BCUT2D eigenvalue weighted by Crippen LogP contribution is -2.30. The normalized spacial score (nSPS) is 14.5. The van der Waals surface area contributed by atoms with Gasteiger partial charge in [0.25, 0.3) is 5.91 Å². The number of halogens is 3. The summed E-state index contributed by atoms with van der Waals surface area (Å²) in [5, 5.41) is 3.06. The average Bonchev–Trinajstić information content (AvgIpc) is 3.04. The van der Waals surface area contributed by atoms with Gasteiger partial charge in [0, 0.05) is 37.6 Å². The third kappa shape index (κ3) is 7.92. The predicted molar refractivity (Wildman–Crippen MR) is 163 cm³/mol. The van der Waals surface area contributed by atoms with Crippen LogP contribution in [0.2, 0.25) is 0 Å². The number of nitrogens with zero attached hydrogens (tertiary/aromatic N) is 2. The topological polar surface area (TPSA) is 79.4 Å². The smallest absolute Gasteiger partial charge is 0.352 e. The lowest BCUT2D eigenvalue weighted by Gasteiger charge is -2.23. The van der Waals surface area contributed by atoms with E-state index in [4.69, 9.17) is 0 Å². The lowest BCUT2D eigenvalue weighted by atomic mass is 9.89. The average molecular weight is 622 g/mol. The number of carbonyl (C=O) groups is 1. The van der Waals surface area contributed by atoms with Gasteiger partial charge in [0.1, 0.15) is 0 Å². The highest BCUT2D eigenvalue weighted by Gasteiger charge is 2.32. The summed E-state index contributed by atoms with van der Waals surface area (Å²) in [6.45, 7) is 0.691. The van der Waals surface area contributed by atoms with Crippen LogP contribution in [-0.4, -0.2) is 30.2 Å². The molecule has 1 fully saturated rings. The highest BCUT2D eigenvalue weighted by molar-refractivity contribution is 7.89. The Hall–Kier alpha value is -4.02. The number of amides is 1. The highest BCUT2D eigenvalue weighted by atomic mass is 32.2. The molecule has 0 bridgehead atoms. The molecule has 1 aliphatic carbocycles. The SMILES string of the molecule is O=C(NCC1CCCCC1)c1ccc(-c2ccc(CN(Cc3cccnc3)S(=O)(=O)c3ccc(C(F)(F)F)cc3)cc2)cc1. The Kier molecular flexibility index (Phi) is 9.80. The van der Waals surface area contributed by atoms with Crippen molar-refractivity contribution in [3.05, 3.63) is 120 Å². The van der Waals surface area contributed by atoms with Crippen molar-refractivity contribution in [2.24, 2.45) is 5.92 Å². The number of carbonyl (C=O) groups excluding carboxylic acids is 1. The molecular weight excluding hydrogens is 587 g/mol. The predicted octanol–water partition coefficient (Wildman–Crippen LogP) is 7.47. The standard InChI is InChI=1S/C34H34F3N3O3S/c35-34(36,37)31-16-18-32(19-17-31)44(42,43)40(24-27-7-4-20-38-21-27)23-26-8-10-28(11-9-26)29-12-14-30(15-13-29)33(41)39-22-25-5-2-1-3-6-25/h4,7-21,25H,1-3,5-6,22-24H2,(H,39,41). The van der Waals surface area contributed by atoms with Crippen LogP contribution >= 0.6 is 0 Å². The van der Waals surface area contributed by atoms with Gasteiger partial charge in [-0.25, -0.2) is 8.42 Å². The van der Waals surface area contributed by atoms with Crippen LogP contribution in [0.5, 0.6) is 0 Å². The zero-order valence-electron chi connectivity index (χ0n) is 24.1. The van der Waals surface area contributed by atoms with Crippen LogP contribution in [-0.2, 0) is 29.3 Å². The zero-order valence-corrected chi connectivity index (χ0v) is 24.9. The molecule has 3 aromatic carbocycles. The molecule has 0 radical (unpaired) electrons. The number of hydrogen-bond acceptors (Lipinski definition) is 4. The molecule has 0 atom stereocenters. The lowest BCUT2D eigenvalue weighted by molar-refractivity contribution is -0.137. The minimum absolute atomic E-state index is 0.00136. The highest BCUT2D eigenvalue weighted by Crippen LogP contribution is 2.31. The fourth-order valence-corrected chi connectivity index (χ4v) is 6.85. The Balaban J connectivity index is 1.29. The van der Waals surface area contributed by atoms with Crippen molar-refractivity contribution in [3.8, 4) is 11.1 Å². The Morgan fingerprint density at radius 2 is 1.43 bits per heavy atom. The number of nitrogens with one attached hydrogen (secondary N) is 1. The molecule has 4 aromatic rings. The van der Waals surface area contributed by atoms with E-state index in [1.165, 1.54) is 23.6 Å². The first-order valence-corrected chi connectivity index (χ1v) is 16.1. The van der Waals surface area contributed by atoms with Crippen LogP contribution in [0.1, 0.15) is 59.2 Å². The molecular formula is C34H34F3N3O3S. The summed E-state index contributed by atoms with van der Waals surface area (Å²) in [6, 6.07) is 21.7. The molecule has 5 rings (SSSR count). The quantitative estimate of drug-likeness (QED) is 0.199. The number of alkyl halides is 3. The summed E-state index contributed by atoms with van der Waals surface area (Å²) in [5.41, 5.74) is 2.83. The van der Waals surface area contributed by atoms with Gasteiger partial charge < -0.3 is 5.32 Å². The maximum absolute atomic E-state index is 13.6.